The minimum Gasteiger partial charge on any atom is -0.496 e. The third-order valence-electron chi connectivity index (χ3n) is 4.10. The SMILES string of the molecule is COc1cc(C)cc2oc(-c3ccc(OCCN(C)C)cc3)cc(=O)c12. The van der Waals surface area contributed by atoms with Crippen LogP contribution in [0, 0.1) is 6.92 Å². The Kier molecular flexibility index (Phi) is 5.28. The van der Waals surface area contributed by atoms with Crippen LogP contribution in [0.5, 0.6) is 11.5 Å². The molecule has 0 N–H and O–H groups in total. The Morgan fingerprint density at radius 2 is 1.81 bits per heavy atom. The molecule has 3 rings (SSSR count). The molecule has 5 nitrogen and oxygen atoms in total. The fraction of sp³-hybridized carbons (Fsp3) is 0.286. The van der Waals surface area contributed by atoms with Gasteiger partial charge >= 0.3 is 0 Å². The predicted octanol–water partition coefficient (Wildman–Crippen LogP) is 3.72. The molecule has 3 aromatic rings. The lowest BCUT2D eigenvalue weighted by Crippen LogP contribution is -2.19. The van der Waals surface area contributed by atoms with Gasteiger partial charge in [-0.3, -0.25) is 4.79 Å². The Morgan fingerprint density at radius 1 is 1.08 bits per heavy atom. The molecule has 0 radical (unpaired) electrons. The van der Waals surface area contributed by atoms with Crippen LogP contribution in [0.2, 0.25) is 0 Å². The van der Waals surface area contributed by atoms with Gasteiger partial charge in [-0.05, 0) is 63.0 Å². The first-order chi connectivity index (χ1) is 12.5. The Morgan fingerprint density at radius 3 is 2.46 bits per heavy atom. The standard InChI is InChI=1S/C21H23NO4/c1-14-11-19(24-4)21-17(23)13-18(26-20(21)12-14)15-5-7-16(8-6-15)25-10-9-22(2)3/h5-8,11-13H,9-10H2,1-4H3. The van der Waals surface area contributed by atoms with Gasteiger partial charge in [0.1, 0.15) is 34.8 Å². The summed E-state index contributed by atoms with van der Waals surface area (Å²) in [6, 6.07) is 12.7. The van der Waals surface area contributed by atoms with Crippen LogP contribution in [0.3, 0.4) is 0 Å². The maximum absolute atomic E-state index is 12.6. The van der Waals surface area contributed by atoms with E-state index >= 15 is 0 Å². The summed E-state index contributed by atoms with van der Waals surface area (Å²) in [6.07, 6.45) is 0. The lowest BCUT2D eigenvalue weighted by Gasteiger charge is -2.11. The first-order valence-electron chi connectivity index (χ1n) is 8.48. The maximum Gasteiger partial charge on any atom is 0.197 e. The summed E-state index contributed by atoms with van der Waals surface area (Å²) < 4.78 is 17.0. The summed E-state index contributed by atoms with van der Waals surface area (Å²) >= 11 is 0. The molecule has 2 aromatic carbocycles. The molecule has 0 fully saturated rings. The third kappa shape index (κ3) is 3.89. The van der Waals surface area contributed by atoms with E-state index < -0.39 is 0 Å². The molecule has 1 heterocycles. The average Bonchev–Trinajstić information content (AvgIpc) is 2.60. The highest BCUT2D eigenvalue weighted by Crippen LogP contribution is 2.29. The van der Waals surface area contributed by atoms with E-state index in [0.29, 0.717) is 29.1 Å². The molecule has 0 amide bonds. The summed E-state index contributed by atoms with van der Waals surface area (Å²) in [7, 11) is 5.56. The fourth-order valence-corrected chi connectivity index (χ4v) is 2.75. The molecule has 0 saturated carbocycles. The van der Waals surface area contributed by atoms with Gasteiger partial charge in [0.25, 0.3) is 0 Å². The molecule has 0 aliphatic heterocycles. The van der Waals surface area contributed by atoms with E-state index in [1.165, 1.54) is 6.07 Å². The third-order valence-corrected chi connectivity index (χ3v) is 4.10. The first kappa shape index (κ1) is 18.0. The Labute approximate surface area is 152 Å². The molecular weight excluding hydrogens is 330 g/mol. The zero-order valence-corrected chi connectivity index (χ0v) is 15.5. The number of ether oxygens (including phenoxy) is 2. The molecule has 5 heteroatoms. The predicted molar refractivity (Wildman–Crippen MR) is 103 cm³/mol. The van der Waals surface area contributed by atoms with Gasteiger partial charge < -0.3 is 18.8 Å². The van der Waals surface area contributed by atoms with Gasteiger partial charge in [-0.2, -0.15) is 0 Å². The molecule has 1 aromatic heterocycles. The van der Waals surface area contributed by atoms with Gasteiger partial charge in [-0.25, -0.2) is 0 Å². The van der Waals surface area contributed by atoms with Crippen LogP contribution in [0.25, 0.3) is 22.3 Å². The minimum absolute atomic E-state index is 0.121. The molecule has 0 spiro atoms. The molecule has 136 valence electrons. The molecule has 0 aliphatic rings. The molecule has 0 bridgehead atoms. The Bertz CT molecular complexity index is 958. The van der Waals surface area contributed by atoms with Crippen molar-refractivity contribution in [2.45, 2.75) is 6.92 Å². The second-order valence-corrected chi connectivity index (χ2v) is 6.49. The summed E-state index contributed by atoms with van der Waals surface area (Å²) in [5.74, 6) is 1.84. The van der Waals surface area contributed by atoms with Crippen molar-refractivity contribution in [1.29, 1.82) is 0 Å². The fourth-order valence-electron chi connectivity index (χ4n) is 2.75. The smallest absolute Gasteiger partial charge is 0.197 e. The number of nitrogens with zero attached hydrogens (tertiary/aromatic N) is 1. The van der Waals surface area contributed by atoms with Crippen molar-refractivity contribution in [2.75, 3.05) is 34.4 Å². The van der Waals surface area contributed by atoms with Crippen molar-refractivity contribution in [3.8, 4) is 22.8 Å². The number of methoxy groups -OCH3 is 1. The van der Waals surface area contributed by atoms with Crippen LogP contribution in [0.15, 0.2) is 51.7 Å². The van der Waals surface area contributed by atoms with Crippen molar-refractivity contribution in [2.24, 2.45) is 0 Å². The molecular formula is C21H23NO4. The number of rotatable bonds is 6. The molecule has 0 saturated heterocycles. The van der Waals surface area contributed by atoms with Crippen molar-refractivity contribution in [1.82, 2.24) is 4.90 Å². The first-order valence-corrected chi connectivity index (χ1v) is 8.48. The van der Waals surface area contributed by atoms with Crippen LogP contribution >= 0.6 is 0 Å². The Hall–Kier alpha value is -2.79. The second kappa shape index (κ2) is 7.62. The monoisotopic (exact) mass is 353 g/mol. The summed E-state index contributed by atoms with van der Waals surface area (Å²) in [5.41, 5.74) is 2.20. The van der Waals surface area contributed by atoms with Crippen molar-refractivity contribution >= 4 is 11.0 Å². The molecule has 0 aliphatic carbocycles. The largest absolute Gasteiger partial charge is 0.496 e. The lowest BCUT2D eigenvalue weighted by atomic mass is 10.1. The average molecular weight is 353 g/mol. The van der Waals surface area contributed by atoms with Crippen LogP contribution in [-0.2, 0) is 0 Å². The number of aryl methyl sites for hydroxylation is 1. The van der Waals surface area contributed by atoms with Gasteiger partial charge in [0.15, 0.2) is 5.43 Å². The number of likely N-dealkylation sites (N-methyl/N-ethyl adjacent to an activating group) is 1. The number of fused-ring (bicyclic) bond motifs is 1. The number of hydrogen-bond acceptors (Lipinski definition) is 5. The van der Waals surface area contributed by atoms with Gasteiger partial charge in [-0.1, -0.05) is 0 Å². The number of benzene rings is 2. The van der Waals surface area contributed by atoms with E-state index in [9.17, 15) is 4.79 Å². The maximum atomic E-state index is 12.6. The number of hydrogen-bond donors (Lipinski definition) is 0. The van der Waals surface area contributed by atoms with E-state index in [1.54, 1.807) is 7.11 Å². The summed E-state index contributed by atoms with van der Waals surface area (Å²) in [6.45, 7) is 3.41. The van der Waals surface area contributed by atoms with Crippen LogP contribution < -0.4 is 14.9 Å². The summed E-state index contributed by atoms with van der Waals surface area (Å²) in [4.78, 5) is 14.6. The van der Waals surface area contributed by atoms with E-state index in [2.05, 4.69) is 4.90 Å². The summed E-state index contributed by atoms with van der Waals surface area (Å²) in [5, 5.41) is 0.463. The molecule has 0 unspecified atom stereocenters. The van der Waals surface area contributed by atoms with Crippen LogP contribution in [0.1, 0.15) is 5.56 Å². The highest BCUT2D eigenvalue weighted by molar-refractivity contribution is 5.85. The van der Waals surface area contributed by atoms with E-state index in [0.717, 1.165) is 23.4 Å². The van der Waals surface area contributed by atoms with E-state index in [4.69, 9.17) is 13.9 Å². The van der Waals surface area contributed by atoms with Crippen molar-refractivity contribution in [3.05, 3.63) is 58.3 Å². The van der Waals surface area contributed by atoms with Crippen LogP contribution in [0.4, 0.5) is 0 Å². The van der Waals surface area contributed by atoms with Gasteiger partial charge in [-0.15, -0.1) is 0 Å². The minimum atomic E-state index is -0.121. The van der Waals surface area contributed by atoms with Gasteiger partial charge in [0, 0.05) is 18.2 Å². The normalized spacial score (nSPS) is 11.1. The molecule has 0 atom stereocenters. The lowest BCUT2D eigenvalue weighted by molar-refractivity contribution is 0.261. The van der Waals surface area contributed by atoms with Crippen LogP contribution in [-0.4, -0.2) is 39.3 Å². The van der Waals surface area contributed by atoms with E-state index in [1.807, 2.05) is 57.4 Å². The van der Waals surface area contributed by atoms with E-state index in [-0.39, 0.29) is 5.43 Å². The zero-order chi connectivity index (χ0) is 18.7. The second-order valence-electron chi connectivity index (χ2n) is 6.49. The Balaban J connectivity index is 1.92. The quantitative estimate of drug-likeness (QED) is 0.676. The topological polar surface area (TPSA) is 51.9 Å². The van der Waals surface area contributed by atoms with Gasteiger partial charge in [0.05, 0.1) is 7.11 Å². The van der Waals surface area contributed by atoms with Gasteiger partial charge in [0.2, 0.25) is 0 Å². The zero-order valence-electron chi connectivity index (χ0n) is 15.5. The highest BCUT2D eigenvalue weighted by Gasteiger charge is 2.12. The molecule has 26 heavy (non-hydrogen) atoms. The highest BCUT2D eigenvalue weighted by atomic mass is 16.5. The van der Waals surface area contributed by atoms with Crippen molar-refractivity contribution < 1.29 is 13.9 Å². The van der Waals surface area contributed by atoms with Crippen molar-refractivity contribution in [3.63, 3.8) is 0 Å².